The maximum Gasteiger partial charge on any atom is 0.335 e. The topological polar surface area (TPSA) is 66.5 Å². The maximum absolute atomic E-state index is 13.1. The van der Waals surface area contributed by atoms with Crippen LogP contribution in [0.3, 0.4) is 0 Å². The SMILES string of the molecule is Cc1ccc(F)cc1N1C(=O)CC(=O)NC1=O. The minimum absolute atomic E-state index is 0.153. The molecular formula is C11H9FN2O3. The second-order valence-electron chi connectivity index (χ2n) is 3.69. The number of carbonyl (C=O) groups excluding carboxylic acids is 3. The van der Waals surface area contributed by atoms with Gasteiger partial charge in [-0.05, 0) is 24.6 Å². The van der Waals surface area contributed by atoms with E-state index in [1.54, 1.807) is 6.92 Å². The molecule has 0 bridgehead atoms. The quantitative estimate of drug-likeness (QED) is 0.742. The van der Waals surface area contributed by atoms with Gasteiger partial charge in [-0.1, -0.05) is 6.07 Å². The largest absolute Gasteiger partial charge is 0.335 e. The lowest BCUT2D eigenvalue weighted by molar-refractivity contribution is -0.128. The Hall–Kier alpha value is -2.24. The van der Waals surface area contributed by atoms with Crippen LogP contribution >= 0.6 is 0 Å². The van der Waals surface area contributed by atoms with Crippen molar-refractivity contribution in [2.24, 2.45) is 0 Å². The van der Waals surface area contributed by atoms with Crippen LogP contribution in [0.15, 0.2) is 18.2 Å². The van der Waals surface area contributed by atoms with E-state index < -0.39 is 30.1 Å². The first-order chi connectivity index (χ1) is 7.99. The summed E-state index contributed by atoms with van der Waals surface area (Å²) in [7, 11) is 0. The molecule has 1 N–H and O–H groups in total. The van der Waals surface area contributed by atoms with Crippen molar-refractivity contribution < 1.29 is 18.8 Å². The Morgan fingerprint density at radius 1 is 1.29 bits per heavy atom. The summed E-state index contributed by atoms with van der Waals surface area (Å²) in [4.78, 5) is 34.9. The van der Waals surface area contributed by atoms with Gasteiger partial charge in [-0.25, -0.2) is 14.1 Å². The summed E-state index contributed by atoms with van der Waals surface area (Å²) < 4.78 is 13.1. The van der Waals surface area contributed by atoms with Crippen molar-refractivity contribution >= 4 is 23.5 Å². The van der Waals surface area contributed by atoms with E-state index in [1.165, 1.54) is 12.1 Å². The number of nitrogens with zero attached hydrogens (tertiary/aromatic N) is 1. The van der Waals surface area contributed by atoms with Crippen LogP contribution in [-0.4, -0.2) is 17.8 Å². The minimum atomic E-state index is -0.847. The molecule has 0 unspecified atom stereocenters. The zero-order valence-corrected chi connectivity index (χ0v) is 8.99. The normalized spacial score (nSPS) is 16.1. The summed E-state index contributed by atoms with van der Waals surface area (Å²) in [5.74, 6) is -1.86. The monoisotopic (exact) mass is 236 g/mol. The molecule has 1 saturated heterocycles. The number of hydrogen-bond donors (Lipinski definition) is 1. The highest BCUT2D eigenvalue weighted by Crippen LogP contribution is 2.23. The van der Waals surface area contributed by atoms with Gasteiger partial charge in [0.15, 0.2) is 0 Å². The molecular weight excluding hydrogens is 227 g/mol. The third kappa shape index (κ3) is 2.01. The first kappa shape index (κ1) is 11.3. The number of amides is 4. The molecule has 6 heteroatoms. The van der Waals surface area contributed by atoms with Crippen LogP contribution in [0, 0.1) is 12.7 Å². The van der Waals surface area contributed by atoms with Gasteiger partial charge in [0.25, 0.3) is 0 Å². The number of halogens is 1. The molecule has 2 rings (SSSR count). The van der Waals surface area contributed by atoms with Crippen molar-refractivity contribution in [2.45, 2.75) is 13.3 Å². The van der Waals surface area contributed by atoms with Gasteiger partial charge in [0.2, 0.25) is 11.8 Å². The van der Waals surface area contributed by atoms with Crippen LogP contribution in [0.1, 0.15) is 12.0 Å². The van der Waals surface area contributed by atoms with Gasteiger partial charge < -0.3 is 0 Å². The second-order valence-corrected chi connectivity index (χ2v) is 3.69. The summed E-state index contributed by atoms with van der Waals surface area (Å²) in [6, 6.07) is 2.93. The van der Waals surface area contributed by atoms with Crippen molar-refractivity contribution in [3.63, 3.8) is 0 Å². The average Bonchev–Trinajstić information content (AvgIpc) is 2.21. The number of imide groups is 2. The van der Waals surface area contributed by atoms with Crippen LogP contribution in [0.4, 0.5) is 14.9 Å². The standard InChI is InChI=1S/C11H9FN2O3/c1-6-2-3-7(12)4-8(6)14-10(16)5-9(15)13-11(14)17/h2-4H,5H2,1H3,(H,13,15,17). The molecule has 88 valence electrons. The summed E-state index contributed by atoms with van der Waals surface area (Å²) in [5.41, 5.74) is 0.726. The van der Waals surface area contributed by atoms with Gasteiger partial charge >= 0.3 is 6.03 Å². The Morgan fingerprint density at radius 2 is 2.00 bits per heavy atom. The highest BCUT2D eigenvalue weighted by atomic mass is 19.1. The molecule has 17 heavy (non-hydrogen) atoms. The van der Waals surface area contributed by atoms with Crippen LogP contribution in [0.5, 0.6) is 0 Å². The third-order valence-corrected chi connectivity index (χ3v) is 2.42. The number of rotatable bonds is 1. The number of hydrogen-bond acceptors (Lipinski definition) is 3. The minimum Gasteiger partial charge on any atom is -0.277 e. The molecule has 1 aromatic rings. The number of urea groups is 1. The van der Waals surface area contributed by atoms with Gasteiger partial charge in [0.1, 0.15) is 12.2 Å². The van der Waals surface area contributed by atoms with Gasteiger partial charge in [0, 0.05) is 0 Å². The summed E-state index contributed by atoms with van der Waals surface area (Å²) >= 11 is 0. The molecule has 0 spiro atoms. The Labute approximate surface area is 96.2 Å². The lowest BCUT2D eigenvalue weighted by Gasteiger charge is -2.25. The summed E-state index contributed by atoms with van der Waals surface area (Å²) in [6.45, 7) is 1.64. The van der Waals surface area contributed by atoms with E-state index in [0.29, 0.717) is 5.56 Å². The maximum atomic E-state index is 13.1. The van der Waals surface area contributed by atoms with Crippen molar-refractivity contribution in [3.05, 3.63) is 29.6 Å². The van der Waals surface area contributed by atoms with Crippen molar-refractivity contribution in [3.8, 4) is 0 Å². The van der Waals surface area contributed by atoms with Gasteiger partial charge in [0.05, 0.1) is 5.69 Å². The second kappa shape index (κ2) is 3.97. The lowest BCUT2D eigenvalue weighted by Crippen LogP contribution is -2.53. The van der Waals surface area contributed by atoms with E-state index in [9.17, 15) is 18.8 Å². The Morgan fingerprint density at radius 3 is 2.65 bits per heavy atom. The van der Waals surface area contributed by atoms with Crippen molar-refractivity contribution in [1.82, 2.24) is 5.32 Å². The Bertz CT molecular complexity index is 507. The molecule has 1 fully saturated rings. The summed E-state index contributed by atoms with van der Waals surface area (Å²) in [5, 5.41) is 2.01. The van der Waals surface area contributed by atoms with E-state index in [2.05, 4.69) is 0 Å². The number of carbonyl (C=O) groups is 3. The third-order valence-electron chi connectivity index (χ3n) is 2.42. The molecule has 5 nitrogen and oxygen atoms in total. The molecule has 1 aliphatic heterocycles. The molecule has 0 radical (unpaired) electrons. The van der Waals surface area contributed by atoms with Gasteiger partial charge in [-0.3, -0.25) is 14.9 Å². The number of benzene rings is 1. The predicted molar refractivity (Wildman–Crippen MR) is 56.8 cm³/mol. The number of anilines is 1. The Kier molecular flexibility index (Phi) is 2.63. The lowest BCUT2D eigenvalue weighted by atomic mass is 10.1. The molecule has 0 aromatic heterocycles. The van der Waals surface area contributed by atoms with E-state index in [4.69, 9.17) is 0 Å². The zero-order valence-electron chi connectivity index (χ0n) is 8.99. The fourth-order valence-electron chi connectivity index (χ4n) is 1.62. The average molecular weight is 236 g/mol. The van der Waals surface area contributed by atoms with Crippen LogP contribution in [0.25, 0.3) is 0 Å². The predicted octanol–water partition coefficient (Wildman–Crippen LogP) is 1.11. The van der Waals surface area contributed by atoms with E-state index in [1.807, 2.05) is 5.32 Å². The molecule has 1 aliphatic rings. The number of nitrogens with one attached hydrogen (secondary N) is 1. The van der Waals surface area contributed by atoms with Gasteiger partial charge in [-0.2, -0.15) is 0 Å². The van der Waals surface area contributed by atoms with Gasteiger partial charge in [-0.15, -0.1) is 0 Å². The van der Waals surface area contributed by atoms with Crippen molar-refractivity contribution in [2.75, 3.05) is 4.90 Å². The Balaban J connectivity index is 2.45. The molecule has 4 amide bonds. The molecule has 1 heterocycles. The number of barbiturate groups is 1. The van der Waals surface area contributed by atoms with Crippen LogP contribution in [0.2, 0.25) is 0 Å². The first-order valence-electron chi connectivity index (χ1n) is 4.92. The fourth-order valence-corrected chi connectivity index (χ4v) is 1.62. The highest BCUT2D eigenvalue weighted by molar-refractivity contribution is 6.26. The zero-order chi connectivity index (χ0) is 12.6. The molecule has 0 atom stereocenters. The first-order valence-corrected chi connectivity index (χ1v) is 4.92. The smallest absolute Gasteiger partial charge is 0.277 e. The van der Waals surface area contributed by atoms with E-state index in [-0.39, 0.29) is 5.69 Å². The molecule has 1 aromatic carbocycles. The molecule has 0 saturated carbocycles. The fraction of sp³-hybridized carbons (Fsp3) is 0.182. The van der Waals surface area contributed by atoms with Crippen LogP contribution < -0.4 is 10.2 Å². The van der Waals surface area contributed by atoms with Crippen LogP contribution in [-0.2, 0) is 9.59 Å². The van der Waals surface area contributed by atoms with Crippen molar-refractivity contribution in [1.29, 1.82) is 0 Å². The highest BCUT2D eigenvalue weighted by Gasteiger charge is 2.32. The molecule has 0 aliphatic carbocycles. The number of aryl methyl sites for hydroxylation is 1. The van der Waals surface area contributed by atoms with E-state index in [0.717, 1.165) is 11.0 Å². The van der Waals surface area contributed by atoms with E-state index >= 15 is 0 Å². The summed E-state index contributed by atoms with van der Waals surface area (Å²) in [6.07, 6.45) is -0.415.